The fourth-order valence-corrected chi connectivity index (χ4v) is 3.22. The number of ether oxygens (including phenoxy) is 2. The molecule has 3 amide bonds. The Morgan fingerprint density at radius 1 is 1.10 bits per heavy atom. The van der Waals surface area contributed by atoms with Gasteiger partial charge in [0, 0.05) is 6.54 Å². The number of hydrogen-bond acceptors (Lipinski definition) is 7. The number of aryl methyl sites for hydroxylation is 1. The maximum absolute atomic E-state index is 12.1. The van der Waals surface area contributed by atoms with Crippen molar-refractivity contribution in [1.82, 2.24) is 16.0 Å². The minimum absolute atomic E-state index is 0.102. The van der Waals surface area contributed by atoms with E-state index >= 15 is 0 Å². The molecule has 3 rings (SSSR count). The van der Waals surface area contributed by atoms with Crippen LogP contribution in [0.25, 0.3) is 0 Å². The third-order valence-electron chi connectivity index (χ3n) is 5.18. The van der Waals surface area contributed by atoms with Gasteiger partial charge in [-0.3, -0.25) is 19.2 Å². The van der Waals surface area contributed by atoms with Crippen molar-refractivity contribution in [3.05, 3.63) is 65.7 Å². The largest absolute Gasteiger partial charge is 0.497 e. The highest BCUT2D eigenvalue weighted by Gasteiger charge is 2.37. The number of carbonyl (C=O) groups excluding carboxylic acids is 4. The van der Waals surface area contributed by atoms with E-state index in [4.69, 9.17) is 14.6 Å². The number of aliphatic hydroxyl groups is 1. The van der Waals surface area contributed by atoms with Gasteiger partial charge in [-0.2, -0.15) is 0 Å². The second-order valence-electron chi connectivity index (χ2n) is 9.49. The van der Waals surface area contributed by atoms with Crippen molar-refractivity contribution in [2.45, 2.75) is 58.3 Å². The first-order valence-electron chi connectivity index (χ1n) is 12.7. The van der Waals surface area contributed by atoms with Crippen molar-refractivity contribution in [2.75, 3.05) is 26.8 Å². The number of nitrogens with one attached hydrogen (secondary N) is 3. The van der Waals surface area contributed by atoms with Gasteiger partial charge in [0.15, 0.2) is 5.78 Å². The molecule has 1 aliphatic rings. The fourth-order valence-electron chi connectivity index (χ4n) is 3.22. The molecule has 0 radical (unpaired) electrons. The molecule has 2 aromatic rings. The average molecular weight is 544 g/mol. The molecule has 2 aromatic carbocycles. The van der Waals surface area contributed by atoms with Crippen LogP contribution < -0.4 is 20.7 Å². The lowest BCUT2D eigenvalue weighted by Crippen LogP contribution is -2.47. The van der Waals surface area contributed by atoms with Crippen LogP contribution in [-0.2, 0) is 30.3 Å². The molecule has 0 spiro atoms. The average Bonchev–Trinajstić information content (AvgIpc) is 3.73. The molecule has 1 aliphatic heterocycles. The summed E-state index contributed by atoms with van der Waals surface area (Å²) in [5.41, 5.74) is 1.32. The first kappa shape index (κ1) is 33.3. The molecule has 1 heterocycles. The van der Waals surface area contributed by atoms with E-state index in [-0.39, 0.29) is 24.7 Å². The Bertz CT molecular complexity index is 1020. The van der Waals surface area contributed by atoms with E-state index in [1.54, 1.807) is 21.0 Å². The van der Waals surface area contributed by atoms with Gasteiger partial charge in [0.1, 0.15) is 11.9 Å². The molecule has 0 bridgehead atoms. The summed E-state index contributed by atoms with van der Waals surface area (Å²) in [6.45, 7) is 8.02. The molecular formula is C29H41N3O7. The molecule has 0 aromatic heterocycles. The smallest absolute Gasteiger partial charge is 0.239 e. The number of hydrogen-bond donors (Lipinski definition) is 4. The molecule has 10 nitrogen and oxygen atoms in total. The number of epoxide rings is 1. The summed E-state index contributed by atoms with van der Waals surface area (Å²) in [6.07, 6.45) is 0.605. The molecule has 2 unspecified atom stereocenters. The molecule has 0 aliphatic carbocycles. The van der Waals surface area contributed by atoms with Crippen LogP contribution in [0.3, 0.4) is 0 Å². The van der Waals surface area contributed by atoms with E-state index < -0.39 is 23.7 Å². The molecular weight excluding hydrogens is 502 g/mol. The van der Waals surface area contributed by atoms with Gasteiger partial charge in [0.25, 0.3) is 0 Å². The highest BCUT2D eigenvalue weighted by atomic mass is 16.6. The summed E-state index contributed by atoms with van der Waals surface area (Å²) in [5.74, 6) is 0.288. The van der Waals surface area contributed by atoms with Gasteiger partial charge in [-0.25, -0.2) is 0 Å². The Balaban J connectivity index is 0.000000335. The molecule has 2 atom stereocenters. The fraction of sp³-hybridized carbons (Fsp3) is 0.448. The van der Waals surface area contributed by atoms with Gasteiger partial charge in [-0.15, -0.1) is 0 Å². The van der Waals surface area contributed by atoms with Crippen LogP contribution in [0.5, 0.6) is 5.75 Å². The van der Waals surface area contributed by atoms with Gasteiger partial charge in [-0.1, -0.05) is 48.0 Å². The molecule has 1 fully saturated rings. The van der Waals surface area contributed by atoms with Crippen LogP contribution >= 0.6 is 0 Å². The van der Waals surface area contributed by atoms with Gasteiger partial charge in [0.2, 0.25) is 18.2 Å². The highest BCUT2D eigenvalue weighted by molar-refractivity contribution is 5.94. The lowest BCUT2D eigenvalue weighted by Gasteiger charge is -2.17. The van der Waals surface area contributed by atoms with Crippen LogP contribution in [0.2, 0.25) is 0 Å². The van der Waals surface area contributed by atoms with E-state index in [9.17, 15) is 19.2 Å². The Morgan fingerprint density at radius 2 is 1.72 bits per heavy atom. The maximum atomic E-state index is 12.1. The van der Waals surface area contributed by atoms with Gasteiger partial charge in [0.05, 0.1) is 38.3 Å². The minimum Gasteiger partial charge on any atom is -0.497 e. The Morgan fingerprint density at radius 3 is 2.21 bits per heavy atom. The zero-order valence-corrected chi connectivity index (χ0v) is 23.4. The van der Waals surface area contributed by atoms with Gasteiger partial charge < -0.3 is 30.5 Å². The monoisotopic (exact) mass is 543 g/mol. The maximum Gasteiger partial charge on any atom is 0.239 e. The summed E-state index contributed by atoms with van der Waals surface area (Å²) < 4.78 is 9.95. The summed E-state index contributed by atoms with van der Waals surface area (Å²) >= 11 is 0. The molecule has 1 saturated heterocycles. The molecule has 10 heteroatoms. The molecule has 39 heavy (non-hydrogen) atoms. The normalized spacial score (nSPS) is 14.2. The lowest BCUT2D eigenvalue weighted by molar-refractivity contribution is -0.128. The van der Waals surface area contributed by atoms with E-state index in [1.165, 1.54) is 5.56 Å². The number of methoxy groups -OCH3 is 1. The molecule has 4 N–H and O–H groups in total. The van der Waals surface area contributed by atoms with Crippen molar-refractivity contribution in [1.29, 1.82) is 0 Å². The number of benzene rings is 2. The Hall–Kier alpha value is -3.76. The quantitative estimate of drug-likeness (QED) is 0.235. The van der Waals surface area contributed by atoms with Gasteiger partial charge >= 0.3 is 0 Å². The minimum atomic E-state index is -0.890. The Labute approximate surface area is 230 Å². The second-order valence-corrected chi connectivity index (χ2v) is 9.49. The summed E-state index contributed by atoms with van der Waals surface area (Å²) in [4.78, 5) is 44.7. The van der Waals surface area contributed by atoms with E-state index in [0.29, 0.717) is 26.0 Å². The standard InChI is InChI=1S/C14H16N2O4.C8H10O.C7H15NO2/c17-9-15-7-13(18)16-11(14(19)12-8-20-12)6-10-4-2-1-3-5-10;1-7-3-5-8(9-2)6-4-7;1-4-8-6(9)5-7(2,3)10/h1-5,9,11-12H,6-8H2,(H,15,17)(H,16,18);3-6H,1-2H3;10H,4-5H2,1-3H3,(H,8,9). The van der Waals surface area contributed by atoms with Gasteiger partial charge in [-0.05, 0) is 51.8 Å². The topological polar surface area (TPSA) is 146 Å². The van der Waals surface area contributed by atoms with Crippen molar-refractivity contribution >= 4 is 24.0 Å². The predicted octanol–water partition coefficient (Wildman–Crippen LogP) is 1.71. The number of ketones is 1. The SMILES string of the molecule is CCNC(=O)CC(C)(C)O.COc1ccc(C)cc1.O=CNCC(=O)NC(Cc1ccccc1)C(=O)C1CO1. The predicted molar refractivity (Wildman–Crippen MR) is 148 cm³/mol. The van der Waals surface area contributed by atoms with Crippen LogP contribution in [0.15, 0.2) is 54.6 Å². The van der Waals surface area contributed by atoms with Crippen molar-refractivity contribution in [3.63, 3.8) is 0 Å². The van der Waals surface area contributed by atoms with Crippen LogP contribution in [0.4, 0.5) is 0 Å². The summed E-state index contributed by atoms with van der Waals surface area (Å²) in [6, 6.07) is 16.7. The first-order chi connectivity index (χ1) is 18.5. The zero-order valence-electron chi connectivity index (χ0n) is 23.4. The molecule has 0 saturated carbocycles. The lowest BCUT2D eigenvalue weighted by atomic mass is 10.0. The van der Waals surface area contributed by atoms with E-state index in [1.807, 2.05) is 61.5 Å². The number of rotatable bonds is 12. The first-order valence-corrected chi connectivity index (χ1v) is 12.7. The summed E-state index contributed by atoms with van der Waals surface area (Å²) in [7, 11) is 1.67. The third-order valence-corrected chi connectivity index (χ3v) is 5.18. The number of carbonyl (C=O) groups is 4. The Kier molecular flexibility index (Phi) is 15.1. The van der Waals surface area contributed by atoms with Crippen LogP contribution in [0, 0.1) is 6.92 Å². The highest BCUT2D eigenvalue weighted by Crippen LogP contribution is 2.15. The van der Waals surface area contributed by atoms with Crippen LogP contribution in [0.1, 0.15) is 38.3 Å². The van der Waals surface area contributed by atoms with Crippen molar-refractivity contribution in [3.8, 4) is 5.75 Å². The van der Waals surface area contributed by atoms with E-state index in [0.717, 1.165) is 11.3 Å². The second kappa shape index (κ2) is 17.7. The van der Waals surface area contributed by atoms with Crippen LogP contribution in [-0.4, -0.2) is 73.7 Å². The zero-order chi connectivity index (χ0) is 29.3. The number of Topliss-reactive ketones (excluding diaryl/α,β-unsaturated/α-hetero) is 1. The number of amides is 3. The summed E-state index contributed by atoms with van der Waals surface area (Å²) in [5, 5.41) is 16.7. The molecule has 214 valence electrons. The van der Waals surface area contributed by atoms with Crippen molar-refractivity contribution in [2.24, 2.45) is 0 Å². The van der Waals surface area contributed by atoms with Crippen molar-refractivity contribution < 1.29 is 33.8 Å². The third kappa shape index (κ3) is 15.9. The van der Waals surface area contributed by atoms with E-state index in [2.05, 4.69) is 22.9 Å².